The monoisotopic (exact) mass is 474 g/mol. The Bertz CT molecular complexity index is 1120. The van der Waals surface area contributed by atoms with Crippen LogP contribution in [0.25, 0.3) is 11.1 Å². The van der Waals surface area contributed by atoms with Gasteiger partial charge in [0, 0.05) is 30.5 Å². The molecule has 6 rings (SSSR count). The summed E-state index contributed by atoms with van der Waals surface area (Å²) in [5.74, 6) is -0.867. The molecule has 7 nitrogen and oxygen atoms in total. The Morgan fingerprint density at radius 3 is 2.11 bits per heavy atom. The van der Waals surface area contributed by atoms with Crippen molar-refractivity contribution < 1.29 is 24.2 Å². The number of benzene rings is 2. The van der Waals surface area contributed by atoms with Gasteiger partial charge in [-0.25, -0.2) is 4.79 Å². The number of aliphatic carboxylic acids is 1. The van der Waals surface area contributed by atoms with E-state index in [1.165, 1.54) is 22.3 Å². The van der Waals surface area contributed by atoms with Crippen LogP contribution in [0.4, 0.5) is 4.79 Å². The number of rotatable bonds is 6. The van der Waals surface area contributed by atoms with E-state index >= 15 is 0 Å². The lowest BCUT2D eigenvalue weighted by Crippen LogP contribution is -2.48. The van der Waals surface area contributed by atoms with Crippen molar-refractivity contribution in [1.29, 1.82) is 0 Å². The van der Waals surface area contributed by atoms with Gasteiger partial charge in [0.2, 0.25) is 5.91 Å². The summed E-state index contributed by atoms with van der Waals surface area (Å²) in [6.07, 6.45) is 3.23. The zero-order chi connectivity index (χ0) is 24.1. The third-order valence-electron chi connectivity index (χ3n) is 8.43. The van der Waals surface area contributed by atoms with Crippen LogP contribution < -0.4 is 5.32 Å². The van der Waals surface area contributed by atoms with Gasteiger partial charge in [0.15, 0.2) is 0 Å². The number of hydrogen-bond acceptors (Lipinski definition) is 4. The van der Waals surface area contributed by atoms with Crippen LogP contribution in [0.3, 0.4) is 0 Å². The second-order valence-corrected chi connectivity index (χ2v) is 10.4. The van der Waals surface area contributed by atoms with Crippen LogP contribution in [0, 0.1) is 17.8 Å². The Morgan fingerprint density at radius 2 is 1.51 bits per heavy atom. The molecule has 4 unspecified atom stereocenters. The molecule has 2 saturated heterocycles. The maximum atomic E-state index is 13.1. The zero-order valence-corrected chi connectivity index (χ0v) is 19.6. The van der Waals surface area contributed by atoms with Crippen molar-refractivity contribution in [2.75, 3.05) is 13.2 Å². The predicted molar refractivity (Wildman–Crippen MR) is 129 cm³/mol. The van der Waals surface area contributed by atoms with Gasteiger partial charge in [0.1, 0.15) is 6.61 Å². The number of fused-ring (bicyclic) bond motifs is 5. The number of carbonyl (C=O) groups excluding carboxylic acids is 2. The molecule has 182 valence electrons. The molecule has 0 spiro atoms. The highest BCUT2D eigenvalue weighted by Crippen LogP contribution is 2.46. The molecule has 4 aliphatic rings. The van der Waals surface area contributed by atoms with Crippen LogP contribution >= 0.6 is 0 Å². The molecule has 0 aromatic heterocycles. The fourth-order valence-electron chi connectivity index (χ4n) is 6.57. The number of ether oxygens (including phenoxy) is 1. The van der Waals surface area contributed by atoms with Crippen molar-refractivity contribution in [1.82, 2.24) is 10.2 Å². The Hall–Kier alpha value is -3.35. The standard InChI is InChI=1S/C28H30N2O5/c31-26(30-18-9-10-19(30)12-16(11-18)27(32)33)24-13-17(24)14-29-28(34)35-15-25-22-7-3-1-5-20(22)21-6-2-4-8-23(21)25/h1-8,16-19,24-25H,9-15H2,(H,29,34)(H,32,33). The van der Waals surface area contributed by atoms with Gasteiger partial charge in [-0.2, -0.15) is 0 Å². The number of nitrogens with zero attached hydrogens (tertiary/aromatic N) is 1. The van der Waals surface area contributed by atoms with Crippen molar-refractivity contribution in [3.8, 4) is 11.1 Å². The van der Waals surface area contributed by atoms with Gasteiger partial charge in [0.25, 0.3) is 0 Å². The van der Waals surface area contributed by atoms with E-state index in [-0.39, 0.29) is 48.3 Å². The molecule has 2 bridgehead atoms. The Labute approximate surface area is 204 Å². The van der Waals surface area contributed by atoms with E-state index in [0.717, 1.165) is 19.3 Å². The molecule has 2 aliphatic carbocycles. The van der Waals surface area contributed by atoms with E-state index in [1.807, 2.05) is 29.2 Å². The third kappa shape index (κ3) is 3.97. The third-order valence-corrected chi connectivity index (χ3v) is 8.43. The molecule has 3 fully saturated rings. The SMILES string of the molecule is O=C(NCC1CC1C(=O)N1C2CCC1CC(C(=O)O)C2)OCC1c2ccccc2-c2ccccc21. The molecule has 0 radical (unpaired) electrons. The fourth-order valence-corrected chi connectivity index (χ4v) is 6.57. The van der Waals surface area contributed by atoms with Crippen LogP contribution in [-0.2, 0) is 14.3 Å². The molecular formula is C28H30N2O5. The van der Waals surface area contributed by atoms with Crippen LogP contribution in [0.5, 0.6) is 0 Å². The van der Waals surface area contributed by atoms with Gasteiger partial charge in [-0.3, -0.25) is 9.59 Å². The number of nitrogens with one attached hydrogen (secondary N) is 1. The van der Waals surface area contributed by atoms with E-state index in [0.29, 0.717) is 19.4 Å². The van der Waals surface area contributed by atoms with Gasteiger partial charge in [0.05, 0.1) is 5.92 Å². The minimum absolute atomic E-state index is 0.0209. The largest absolute Gasteiger partial charge is 0.481 e. The molecular weight excluding hydrogens is 444 g/mol. The summed E-state index contributed by atoms with van der Waals surface area (Å²) >= 11 is 0. The first-order valence-corrected chi connectivity index (χ1v) is 12.6. The number of piperidine rings is 1. The molecule has 2 aromatic carbocycles. The Balaban J connectivity index is 1.000. The van der Waals surface area contributed by atoms with Crippen LogP contribution in [0.2, 0.25) is 0 Å². The Morgan fingerprint density at radius 1 is 0.914 bits per heavy atom. The second kappa shape index (κ2) is 8.70. The number of carboxylic acid groups (broad SMARTS) is 1. The van der Waals surface area contributed by atoms with Crippen molar-refractivity contribution in [3.05, 3.63) is 59.7 Å². The van der Waals surface area contributed by atoms with Crippen LogP contribution in [-0.4, -0.2) is 53.2 Å². The molecule has 2 aliphatic heterocycles. The smallest absolute Gasteiger partial charge is 0.407 e. The van der Waals surface area contributed by atoms with E-state index in [4.69, 9.17) is 4.74 Å². The lowest BCUT2D eigenvalue weighted by molar-refractivity contribution is -0.149. The number of carbonyl (C=O) groups is 3. The minimum Gasteiger partial charge on any atom is -0.481 e. The molecule has 2 heterocycles. The van der Waals surface area contributed by atoms with E-state index < -0.39 is 12.1 Å². The van der Waals surface area contributed by atoms with Gasteiger partial charge in [-0.05, 0) is 60.3 Å². The quantitative estimate of drug-likeness (QED) is 0.659. The molecule has 7 heteroatoms. The Kier molecular flexibility index (Phi) is 5.50. The predicted octanol–water partition coefficient (Wildman–Crippen LogP) is 4.02. The highest BCUT2D eigenvalue weighted by Gasteiger charge is 2.52. The lowest BCUT2D eigenvalue weighted by Gasteiger charge is -2.38. The summed E-state index contributed by atoms with van der Waals surface area (Å²) in [5.41, 5.74) is 4.74. The van der Waals surface area contributed by atoms with Gasteiger partial charge >= 0.3 is 12.1 Å². The summed E-state index contributed by atoms with van der Waals surface area (Å²) in [4.78, 5) is 39.0. The van der Waals surface area contributed by atoms with Crippen molar-refractivity contribution in [2.24, 2.45) is 17.8 Å². The molecule has 1 saturated carbocycles. The molecule has 2 aromatic rings. The molecule has 2 amide bonds. The molecule has 4 atom stereocenters. The highest BCUT2D eigenvalue weighted by molar-refractivity contribution is 5.83. The summed E-state index contributed by atoms with van der Waals surface area (Å²) in [6.45, 7) is 0.697. The van der Waals surface area contributed by atoms with E-state index in [9.17, 15) is 19.5 Å². The summed E-state index contributed by atoms with van der Waals surface area (Å²) in [6, 6.07) is 16.6. The molecule has 2 N–H and O–H groups in total. The van der Waals surface area contributed by atoms with Crippen molar-refractivity contribution in [3.63, 3.8) is 0 Å². The van der Waals surface area contributed by atoms with E-state index in [2.05, 4.69) is 29.6 Å². The normalized spacial score (nSPS) is 28.2. The first-order chi connectivity index (χ1) is 17.0. The maximum absolute atomic E-state index is 13.1. The fraction of sp³-hybridized carbons (Fsp3) is 0.464. The second-order valence-electron chi connectivity index (χ2n) is 10.4. The number of hydrogen-bond donors (Lipinski definition) is 2. The van der Waals surface area contributed by atoms with Gasteiger partial charge < -0.3 is 20.1 Å². The zero-order valence-electron chi connectivity index (χ0n) is 19.6. The lowest BCUT2D eigenvalue weighted by atomic mass is 9.90. The topological polar surface area (TPSA) is 95.9 Å². The first kappa shape index (κ1) is 22.1. The minimum atomic E-state index is -0.745. The summed E-state index contributed by atoms with van der Waals surface area (Å²) in [7, 11) is 0. The van der Waals surface area contributed by atoms with Crippen LogP contribution in [0.15, 0.2) is 48.5 Å². The highest BCUT2D eigenvalue weighted by atomic mass is 16.5. The first-order valence-electron chi connectivity index (χ1n) is 12.6. The molecule has 35 heavy (non-hydrogen) atoms. The maximum Gasteiger partial charge on any atom is 0.407 e. The number of carboxylic acids is 1. The van der Waals surface area contributed by atoms with Crippen LogP contribution in [0.1, 0.15) is 49.1 Å². The average Bonchev–Trinajstić information content (AvgIpc) is 3.52. The van der Waals surface area contributed by atoms with Crippen molar-refractivity contribution in [2.45, 2.75) is 50.1 Å². The van der Waals surface area contributed by atoms with Gasteiger partial charge in [-0.1, -0.05) is 48.5 Å². The average molecular weight is 475 g/mol. The summed E-state index contributed by atoms with van der Waals surface area (Å²) in [5, 5.41) is 12.2. The summed E-state index contributed by atoms with van der Waals surface area (Å²) < 4.78 is 5.61. The van der Waals surface area contributed by atoms with E-state index in [1.54, 1.807) is 0 Å². The number of amides is 2. The van der Waals surface area contributed by atoms with Gasteiger partial charge in [-0.15, -0.1) is 0 Å². The van der Waals surface area contributed by atoms with Crippen molar-refractivity contribution >= 4 is 18.0 Å². The number of alkyl carbamates (subject to hydrolysis) is 1.